The van der Waals surface area contributed by atoms with E-state index in [1.807, 2.05) is 20.8 Å². The van der Waals surface area contributed by atoms with Gasteiger partial charge in [-0.2, -0.15) is 0 Å². The molecule has 0 heterocycles. The molecule has 0 aliphatic rings. The maximum Gasteiger partial charge on any atom is 0.410 e. The SMILES string of the molecule is CCCCOC(=O)N(CC(O)c1cccc(Cl)c1)C(C)C. The molecule has 1 aromatic rings. The fourth-order valence-corrected chi connectivity index (χ4v) is 2.09. The third kappa shape index (κ3) is 5.94. The first-order chi connectivity index (χ1) is 9.95. The van der Waals surface area contributed by atoms with Crippen molar-refractivity contribution < 1.29 is 14.6 Å². The Morgan fingerprint density at radius 3 is 2.71 bits per heavy atom. The maximum atomic E-state index is 12.1. The Hall–Kier alpha value is -1.26. The molecule has 5 heteroatoms. The van der Waals surface area contributed by atoms with Crippen molar-refractivity contribution in [1.82, 2.24) is 4.90 Å². The molecule has 0 aromatic heterocycles. The normalized spacial score (nSPS) is 12.3. The zero-order valence-corrected chi connectivity index (χ0v) is 13.6. The Kier molecular flexibility index (Phi) is 7.54. The van der Waals surface area contributed by atoms with E-state index in [0.717, 1.165) is 12.8 Å². The number of halogens is 1. The van der Waals surface area contributed by atoms with Crippen molar-refractivity contribution in [2.24, 2.45) is 0 Å². The highest BCUT2D eigenvalue weighted by atomic mass is 35.5. The molecule has 4 nitrogen and oxygen atoms in total. The molecule has 0 aliphatic carbocycles. The lowest BCUT2D eigenvalue weighted by Crippen LogP contribution is -2.40. The molecular weight excluding hydrogens is 290 g/mol. The summed E-state index contributed by atoms with van der Waals surface area (Å²) >= 11 is 5.92. The highest BCUT2D eigenvalue weighted by Crippen LogP contribution is 2.20. The van der Waals surface area contributed by atoms with E-state index in [1.165, 1.54) is 4.90 Å². The summed E-state index contributed by atoms with van der Waals surface area (Å²) in [5.41, 5.74) is 0.689. The first kappa shape index (κ1) is 17.8. The van der Waals surface area contributed by atoms with Gasteiger partial charge in [0.25, 0.3) is 0 Å². The Morgan fingerprint density at radius 2 is 2.14 bits per heavy atom. The summed E-state index contributed by atoms with van der Waals surface area (Å²) in [5.74, 6) is 0. The molecule has 1 unspecified atom stereocenters. The number of amides is 1. The second kappa shape index (κ2) is 8.90. The van der Waals surface area contributed by atoms with Gasteiger partial charge < -0.3 is 14.7 Å². The zero-order valence-electron chi connectivity index (χ0n) is 12.9. The zero-order chi connectivity index (χ0) is 15.8. The molecule has 21 heavy (non-hydrogen) atoms. The van der Waals surface area contributed by atoms with Gasteiger partial charge >= 0.3 is 6.09 Å². The van der Waals surface area contributed by atoms with Crippen LogP contribution < -0.4 is 0 Å². The number of aliphatic hydroxyl groups excluding tert-OH is 1. The summed E-state index contributed by atoms with van der Waals surface area (Å²) in [6, 6.07) is 6.97. The summed E-state index contributed by atoms with van der Waals surface area (Å²) in [6.45, 7) is 6.42. The van der Waals surface area contributed by atoms with Gasteiger partial charge in [-0.15, -0.1) is 0 Å². The molecule has 1 amide bonds. The number of hydrogen-bond acceptors (Lipinski definition) is 3. The average Bonchev–Trinajstić information content (AvgIpc) is 2.44. The predicted octanol–water partition coefficient (Wildman–Crippen LogP) is 4.02. The maximum absolute atomic E-state index is 12.1. The van der Waals surface area contributed by atoms with E-state index in [9.17, 15) is 9.90 Å². The molecule has 1 N–H and O–H groups in total. The van der Waals surface area contributed by atoms with Gasteiger partial charge in [0, 0.05) is 11.1 Å². The van der Waals surface area contributed by atoms with Gasteiger partial charge in [-0.3, -0.25) is 0 Å². The van der Waals surface area contributed by atoms with Crippen LogP contribution >= 0.6 is 11.6 Å². The molecule has 0 saturated heterocycles. The monoisotopic (exact) mass is 313 g/mol. The van der Waals surface area contributed by atoms with Gasteiger partial charge in [0.2, 0.25) is 0 Å². The second-order valence-electron chi connectivity index (χ2n) is 5.28. The van der Waals surface area contributed by atoms with Gasteiger partial charge in [0.15, 0.2) is 0 Å². The Bertz CT molecular complexity index is 451. The minimum absolute atomic E-state index is 0.0482. The van der Waals surface area contributed by atoms with E-state index in [-0.39, 0.29) is 18.7 Å². The van der Waals surface area contributed by atoms with Crippen LogP contribution in [0.5, 0.6) is 0 Å². The van der Waals surface area contributed by atoms with Crippen LogP contribution in [0.1, 0.15) is 45.3 Å². The number of rotatable bonds is 7. The lowest BCUT2D eigenvalue weighted by atomic mass is 10.1. The van der Waals surface area contributed by atoms with E-state index < -0.39 is 6.10 Å². The minimum atomic E-state index is -0.787. The highest BCUT2D eigenvalue weighted by Gasteiger charge is 2.22. The lowest BCUT2D eigenvalue weighted by molar-refractivity contribution is 0.0602. The lowest BCUT2D eigenvalue weighted by Gasteiger charge is -2.28. The number of ether oxygens (including phenoxy) is 1. The summed E-state index contributed by atoms with van der Waals surface area (Å²) < 4.78 is 5.22. The second-order valence-corrected chi connectivity index (χ2v) is 5.72. The predicted molar refractivity (Wildman–Crippen MR) is 84.5 cm³/mol. The molecule has 1 atom stereocenters. The molecule has 0 fully saturated rings. The Balaban J connectivity index is 2.67. The van der Waals surface area contributed by atoms with Gasteiger partial charge in [0.05, 0.1) is 19.3 Å². The van der Waals surface area contributed by atoms with Crippen molar-refractivity contribution in [2.45, 2.75) is 45.8 Å². The van der Waals surface area contributed by atoms with Crippen LogP contribution in [-0.4, -0.2) is 35.3 Å². The van der Waals surface area contributed by atoms with E-state index in [1.54, 1.807) is 24.3 Å². The van der Waals surface area contributed by atoms with Crippen LogP contribution in [0, 0.1) is 0 Å². The number of aliphatic hydroxyl groups is 1. The van der Waals surface area contributed by atoms with Crippen LogP contribution in [0.15, 0.2) is 24.3 Å². The molecule has 118 valence electrons. The largest absolute Gasteiger partial charge is 0.449 e. The summed E-state index contributed by atoms with van der Waals surface area (Å²) in [7, 11) is 0. The van der Waals surface area contributed by atoms with Crippen LogP contribution in [0.4, 0.5) is 4.79 Å². The number of hydrogen-bond donors (Lipinski definition) is 1. The van der Waals surface area contributed by atoms with E-state index in [4.69, 9.17) is 16.3 Å². The van der Waals surface area contributed by atoms with Crippen LogP contribution in [0.2, 0.25) is 5.02 Å². The molecule has 1 rings (SSSR count). The van der Waals surface area contributed by atoms with E-state index >= 15 is 0 Å². The van der Waals surface area contributed by atoms with Gasteiger partial charge in [-0.05, 0) is 38.0 Å². The fraction of sp³-hybridized carbons (Fsp3) is 0.562. The Labute approximate surface area is 131 Å². The van der Waals surface area contributed by atoms with E-state index in [2.05, 4.69) is 0 Å². The first-order valence-corrected chi connectivity index (χ1v) is 7.70. The third-order valence-electron chi connectivity index (χ3n) is 3.18. The molecule has 0 radical (unpaired) electrons. The van der Waals surface area contributed by atoms with Crippen molar-refractivity contribution in [3.8, 4) is 0 Å². The minimum Gasteiger partial charge on any atom is -0.449 e. The third-order valence-corrected chi connectivity index (χ3v) is 3.42. The molecule has 0 saturated carbocycles. The molecular formula is C16H24ClNO3. The van der Waals surface area contributed by atoms with Crippen LogP contribution in [0.3, 0.4) is 0 Å². The molecule has 1 aromatic carbocycles. The number of nitrogens with zero attached hydrogens (tertiary/aromatic N) is 1. The number of carbonyl (C=O) groups excluding carboxylic acids is 1. The standard InChI is InChI=1S/C16H24ClNO3/c1-4-5-9-21-16(20)18(12(2)3)11-15(19)13-7-6-8-14(17)10-13/h6-8,10,12,15,19H,4-5,9,11H2,1-3H3. The quantitative estimate of drug-likeness (QED) is 0.773. The van der Waals surface area contributed by atoms with Crippen molar-refractivity contribution in [2.75, 3.05) is 13.2 Å². The number of unbranched alkanes of at least 4 members (excludes halogenated alkanes) is 1. The smallest absolute Gasteiger partial charge is 0.410 e. The molecule has 0 bridgehead atoms. The van der Waals surface area contributed by atoms with E-state index in [0.29, 0.717) is 17.2 Å². The number of benzene rings is 1. The van der Waals surface area contributed by atoms with Gasteiger partial charge in [-0.25, -0.2) is 4.79 Å². The number of carbonyl (C=O) groups is 1. The fourth-order valence-electron chi connectivity index (χ4n) is 1.89. The molecule has 0 aliphatic heterocycles. The Morgan fingerprint density at radius 1 is 1.43 bits per heavy atom. The highest BCUT2D eigenvalue weighted by molar-refractivity contribution is 6.30. The van der Waals surface area contributed by atoms with Gasteiger partial charge in [-0.1, -0.05) is 37.1 Å². The summed E-state index contributed by atoms with van der Waals surface area (Å²) in [4.78, 5) is 13.6. The molecule has 0 spiro atoms. The first-order valence-electron chi connectivity index (χ1n) is 7.32. The van der Waals surface area contributed by atoms with Crippen molar-refractivity contribution in [3.05, 3.63) is 34.9 Å². The van der Waals surface area contributed by atoms with Gasteiger partial charge in [0.1, 0.15) is 0 Å². The topological polar surface area (TPSA) is 49.8 Å². The average molecular weight is 314 g/mol. The summed E-state index contributed by atoms with van der Waals surface area (Å²) in [5, 5.41) is 10.8. The van der Waals surface area contributed by atoms with Crippen molar-refractivity contribution in [3.63, 3.8) is 0 Å². The summed E-state index contributed by atoms with van der Waals surface area (Å²) in [6.07, 6.45) is 0.638. The van der Waals surface area contributed by atoms with Crippen molar-refractivity contribution >= 4 is 17.7 Å². The van der Waals surface area contributed by atoms with Crippen molar-refractivity contribution in [1.29, 1.82) is 0 Å². The van der Waals surface area contributed by atoms with Crippen LogP contribution in [0.25, 0.3) is 0 Å². The van der Waals surface area contributed by atoms with Crippen LogP contribution in [-0.2, 0) is 4.74 Å².